The van der Waals surface area contributed by atoms with E-state index in [2.05, 4.69) is 4.90 Å². The molecular weight excluding hydrogens is 394 g/mol. The Morgan fingerprint density at radius 2 is 1.79 bits per heavy atom. The first kappa shape index (κ1) is 18.1. The molecule has 0 unspecified atom stereocenters. The Balaban J connectivity index is 1.62. The van der Waals surface area contributed by atoms with Crippen molar-refractivity contribution in [2.24, 2.45) is 0 Å². The Labute approximate surface area is 154 Å². The van der Waals surface area contributed by atoms with Crippen LogP contribution in [0.1, 0.15) is 5.56 Å². The van der Waals surface area contributed by atoms with Crippen LogP contribution in [0.5, 0.6) is 0 Å². The molecule has 9 heteroatoms. The topological polar surface area (TPSA) is 40.6 Å². The summed E-state index contributed by atoms with van der Waals surface area (Å²) in [6.45, 7) is 2.64. The summed E-state index contributed by atoms with van der Waals surface area (Å²) in [6.07, 6.45) is 0. The van der Waals surface area contributed by atoms with Gasteiger partial charge in [-0.3, -0.25) is 4.90 Å². The van der Waals surface area contributed by atoms with Crippen LogP contribution in [0.15, 0.2) is 34.5 Å². The van der Waals surface area contributed by atoms with E-state index in [1.807, 2.05) is 0 Å². The summed E-state index contributed by atoms with van der Waals surface area (Å²) in [4.78, 5) is 2.12. The molecule has 2 aromatic rings. The molecule has 1 aromatic heterocycles. The number of nitrogens with zero attached hydrogens (tertiary/aromatic N) is 2. The Morgan fingerprint density at radius 1 is 1.08 bits per heavy atom. The molecule has 1 aliphatic rings. The van der Waals surface area contributed by atoms with Crippen LogP contribution < -0.4 is 0 Å². The fourth-order valence-corrected chi connectivity index (χ4v) is 5.85. The number of benzene rings is 1. The Morgan fingerprint density at radius 3 is 2.38 bits per heavy atom. The van der Waals surface area contributed by atoms with Gasteiger partial charge in [-0.2, -0.15) is 4.31 Å². The fourth-order valence-electron chi connectivity index (χ4n) is 2.59. The van der Waals surface area contributed by atoms with Crippen LogP contribution in [-0.4, -0.2) is 43.8 Å². The Kier molecular flexibility index (Phi) is 5.48. The molecule has 0 spiro atoms. The largest absolute Gasteiger partial charge is 0.296 e. The lowest BCUT2D eigenvalue weighted by atomic mass is 10.2. The van der Waals surface area contributed by atoms with E-state index in [-0.39, 0.29) is 9.23 Å². The summed E-state index contributed by atoms with van der Waals surface area (Å²) < 4.78 is 40.5. The average molecular weight is 409 g/mol. The van der Waals surface area contributed by atoms with Gasteiger partial charge in [0.25, 0.3) is 10.0 Å². The van der Waals surface area contributed by atoms with Crippen molar-refractivity contribution in [2.75, 3.05) is 26.2 Å². The van der Waals surface area contributed by atoms with Crippen molar-refractivity contribution in [2.45, 2.75) is 10.8 Å². The Bertz CT molecular complexity index is 834. The van der Waals surface area contributed by atoms with E-state index >= 15 is 0 Å². The van der Waals surface area contributed by atoms with Crippen molar-refractivity contribution in [3.05, 3.63) is 51.1 Å². The highest BCUT2D eigenvalue weighted by atomic mass is 35.5. The quantitative estimate of drug-likeness (QED) is 0.773. The van der Waals surface area contributed by atoms with Crippen molar-refractivity contribution < 1.29 is 12.8 Å². The molecule has 0 radical (unpaired) electrons. The second-order valence-corrected chi connectivity index (χ2v) is 9.77. The highest BCUT2D eigenvalue weighted by molar-refractivity contribution is 7.91. The zero-order chi connectivity index (χ0) is 17.3. The smallest absolute Gasteiger partial charge is 0.252 e. The van der Waals surface area contributed by atoms with E-state index in [9.17, 15) is 12.8 Å². The highest BCUT2D eigenvalue weighted by Crippen LogP contribution is 2.28. The van der Waals surface area contributed by atoms with Gasteiger partial charge in [-0.05, 0) is 29.8 Å². The van der Waals surface area contributed by atoms with Crippen LogP contribution in [0.3, 0.4) is 0 Å². The lowest BCUT2D eigenvalue weighted by Crippen LogP contribution is -2.48. The molecule has 0 amide bonds. The van der Waals surface area contributed by atoms with Crippen molar-refractivity contribution in [3.8, 4) is 0 Å². The van der Waals surface area contributed by atoms with Gasteiger partial charge in [-0.1, -0.05) is 29.3 Å². The predicted octanol–water partition coefficient (Wildman–Crippen LogP) is 3.70. The second kappa shape index (κ2) is 7.27. The van der Waals surface area contributed by atoms with Gasteiger partial charge in [-0.15, -0.1) is 11.3 Å². The normalized spacial score (nSPS) is 17.3. The molecule has 0 bridgehead atoms. The van der Waals surface area contributed by atoms with Gasteiger partial charge in [0.2, 0.25) is 0 Å². The molecule has 1 saturated heterocycles. The zero-order valence-corrected chi connectivity index (χ0v) is 15.7. The number of sulfonamides is 1. The van der Waals surface area contributed by atoms with Gasteiger partial charge in [-0.25, -0.2) is 12.8 Å². The summed E-state index contributed by atoms with van der Waals surface area (Å²) in [5, 5.41) is 0.100. The molecule has 1 fully saturated rings. The minimum atomic E-state index is -3.48. The number of rotatable bonds is 4. The van der Waals surface area contributed by atoms with Crippen LogP contribution in [0.4, 0.5) is 4.39 Å². The van der Waals surface area contributed by atoms with Crippen LogP contribution in [0, 0.1) is 5.82 Å². The summed E-state index contributed by atoms with van der Waals surface area (Å²) in [5.74, 6) is -0.439. The van der Waals surface area contributed by atoms with Gasteiger partial charge < -0.3 is 0 Å². The maximum atomic E-state index is 13.2. The number of piperazine rings is 1. The van der Waals surface area contributed by atoms with Crippen LogP contribution in [0.25, 0.3) is 0 Å². The first-order chi connectivity index (χ1) is 11.4. The van der Waals surface area contributed by atoms with E-state index < -0.39 is 15.8 Å². The minimum absolute atomic E-state index is 0.100. The zero-order valence-electron chi connectivity index (χ0n) is 12.6. The maximum absolute atomic E-state index is 13.2. The monoisotopic (exact) mass is 408 g/mol. The van der Waals surface area contributed by atoms with E-state index in [1.165, 1.54) is 16.4 Å². The first-order valence-electron chi connectivity index (χ1n) is 7.28. The van der Waals surface area contributed by atoms with Crippen LogP contribution in [-0.2, 0) is 16.6 Å². The third-order valence-corrected chi connectivity index (χ3v) is 7.75. The average Bonchev–Trinajstić information content (AvgIpc) is 2.99. The molecule has 0 aliphatic carbocycles. The molecule has 24 heavy (non-hydrogen) atoms. The SMILES string of the molecule is O=S(=O)(c1ccc(Cl)s1)N1CCN(Cc2ccc(F)c(Cl)c2)CC1. The third-order valence-electron chi connectivity index (χ3n) is 3.86. The number of hydrogen-bond acceptors (Lipinski definition) is 4. The van der Waals surface area contributed by atoms with Gasteiger partial charge in [0, 0.05) is 32.7 Å². The lowest BCUT2D eigenvalue weighted by Gasteiger charge is -2.33. The lowest BCUT2D eigenvalue weighted by molar-refractivity contribution is 0.181. The predicted molar refractivity (Wildman–Crippen MR) is 94.8 cm³/mol. The van der Waals surface area contributed by atoms with Gasteiger partial charge in [0.05, 0.1) is 9.36 Å². The summed E-state index contributed by atoms with van der Waals surface area (Å²) in [6, 6.07) is 7.77. The van der Waals surface area contributed by atoms with E-state index in [0.29, 0.717) is 37.1 Å². The van der Waals surface area contributed by atoms with Gasteiger partial charge in [0.15, 0.2) is 0 Å². The van der Waals surface area contributed by atoms with Crippen molar-refractivity contribution >= 4 is 44.6 Å². The molecule has 0 saturated carbocycles. The standard InChI is InChI=1S/C15H15Cl2FN2O2S2/c16-12-9-11(1-2-13(12)18)10-19-5-7-20(8-6-19)24(21,22)15-4-3-14(17)23-15/h1-4,9H,5-8,10H2. The molecule has 130 valence electrons. The van der Waals surface area contributed by atoms with E-state index in [1.54, 1.807) is 18.2 Å². The molecule has 3 rings (SSSR count). The van der Waals surface area contributed by atoms with E-state index in [0.717, 1.165) is 16.9 Å². The number of hydrogen-bond donors (Lipinski definition) is 0. The number of thiophene rings is 1. The Hall–Kier alpha value is -0.700. The summed E-state index contributed by atoms with van der Waals surface area (Å²) in [5.41, 5.74) is 0.905. The van der Waals surface area contributed by atoms with Crippen molar-refractivity contribution in [1.82, 2.24) is 9.21 Å². The molecular formula is C15H15Cl2FN2O2S2. The number of halogens is 3. The first-order valence-corrected chi connectivity index (χ1v) is 10.3. The second-order valence-electron chi connectivity index (χ2n) is 5.49. The fraction of sp³-hybridized carbons (Fsp3) is 0.333. The molecule has 4 nitrogen and oxygen atoms in total. The van der Waals surface area contributed by atoms with Crippen LogP contribution >= 0.6 is 34.5 Å². The van der Waals surface area contributed by atoms with Crippen molar-refractivity contribution in [1.29, 1.82) is 0 Å². The molecule has 0 N–H and O–H groups in total. The summed E-state index contributed by atoms with van der Waals surface area (Å²) in [7, 11) is -3.48. The minimum Gasteiger partial charge on any atom is -0.296 e. The molecule has 1 aromatic carbocycles. The highest BCUT2D eigenvalue weighted by Gasteiger charge is 2.29. The molecule has 0 atom stereocenters. The van der Waals surface area contributed by atoms with Crippen molar-refractivity contribution in [3.63, 3.8) is 0 Å². The third kappa shape index (κ3) is 3.92. The molecule has 1 aliphatic heterocycles. The maximum Gasteiger partial charge on any atom is 0.252 e. The van der Waals surface area contributed by atoms with Gasteiger partial charge in [0.1, 0.15) is 10.0 Å². The van der Waals surface area contributed by atoms with Crippen LogP contribution in [0.2, 0.25) is 9.36 Å². The molecule has 2 heterocycles. The van der Waals surface area contributed by atoms with Gasteiger partial charge >= 0.3 is 0 Å². The van der Waals surface area contributed by atoms with E-state index in [4.69, 9.17) is 23.2 Å². The summed E-state index contributed by atoms with van der Waals surface area (Å²) >= 11 is 12.7.